The second kappa shape index (κ2) is 6.77. The molecule has 20 heavy (non-hydrogen) atoms. The van der Waals surface area contributed by atoms with Gasteiger partial charge in [-0.1, -0.05) is 18.5 Å². The molecule has 1 aliphatic rings. The van der Waals surface area contributed by atoms with Crippen molar-refractivity contribution in [2.45, 2.75) is 18.2 Å². The predicted octanol–water partition coefficient (Wildman–Crippen LogP) is 3.39. The molecule has 0 radical (unpaired) electrons. The number of benzene rings is 1. The van der Waals surface area contributed by atoms with E-state index < -0.39 is 15.2 Å². The molecule has 1 aliphatic heterocycles. The number of anilines is 1. The Hall–Kier alpha value is -0.100. The molecule has 0 amide bonds. The first-order valence-electron chi connectivity index (χ1n) is 6.40. The van der Waals surface area contributed by atoms with Crippen LogP contribution in [-0.4, -0.2) is 37.6 Å². The van der Waals surface area contributed by atoms with Crippen LogP contribution in [0.2, 0.25) is 5.02 Å². The van der Waals surface area contributed by atoms with E-state index in [-0.39, 0.29) is 5.75 Å². The SMILES string of the molecule is CCS(=O)(=O)C1CSCCN1c1ccc(Cl)cc1CCl. The van der Waals surface area contributed by atoms with Gasteiger partial charge in [0.25, 0.3) is 0 Å². The zero-order valence-electron chi connectivity index (χ0n) is 11.2. The van der Waals surface area contributed by atoms with Gasteiger partial charge in [0.05, 0.1) is 0 Å². The van der Waals surface area contributed by atoms with Gasteiger partial charge in [0.2, 0.25) is 0 Å². The van der Waals surface area contributed by atoms with Crippen molar-refractivity contribution in [2.75, 3.05) is 28.7 Å². The highest BCUT2D eigenvalue weighted by atomic mass is 35.5. The smallest absolute Gasteiger partial charge is 0.171 e. The number of nitrogens with zero attached hydrogens (tertiary/aromatic N) is 1. The molecule has 3 nitrogen and oxygen atoms in total. The molecule has 0 aliphatic carbocycles. The van der Waals surface area contributed by atoms with E-state index >= 15 is 0 Å². The van der Waals surface area contributed by atoms with Crippen LogP contribution in [0.3, 0.4) is 0 Å². The summed E-state index contributed by atoms with van der Waals surface area (Å²) in [5.74, 6) is 1.98. The summed E-state index contributed by atoms with van der Waals surface area (Å²) in [5, 5.41) is 0.139. The summed E-state index contributed by atoms with van der Waals surface area (Å²) in [7, 11) is -3.12. The number of rotatable bonds is 4. The normalized spacial score (nSPS) is 20.1. The lowest BCUT2D eigenvalue weighted by Crippen LogP contribution is -2.48. The van der Waals surface area contributed by atoms with Gasteiger partial charge in [-0.05, 0) is 23.8 Å². The molecule has 1 aromatic carbocycles. The molecule has 2 rings (SSSR count). The predicted molar refractivity (Wildman–Crippen MR) is 88.9 cm³/mol. The van der Waals surface area contributed by atoms with Gasteiger partial charge in [-0.25, -0.2) is 8.42 Å². The Morgan fingerprint density at radius 1 is 1.45 bits per heavy atom. The summed E-state index contributed by atoms with van der Waals surface area (Å²) >= 11 is 13.6. The van der Waals surface area contributed by atoms with E-state index in [1.807, 2.05) is 11.0 Å². The molecule has 1 saturated heterocycles. The second-order valence-corrected chi connectivity index (χ2v) is 8.88. The molecule has 0 N–H and O–H groups in total. The van der Waals surface area contributed by atoms with E-state index in [1.165, 1.54) is 0 Å². The number of thioether (sulfide) groups is 1. The topological polar surface area (TPSA) is 37.4 Å². The van der Waals surface area contributed by atoms with Crippen molar-refractivity contribution in [3.8, 4) is 0 Å². The largest absolute Gasteiger partial charge is 0.353 e. The summed E-state index contributed by atoms with van der Waals surface area (Å²) in [6.07, 6.45) is 0. The van der Waals surface area contributed by atoms with Gasteiger partial charge in [-0.2, -0.15) is 11.8 Å². The summed E-state index contributed by atoms with van der Waals surface area (Å²) in [5.41, 5.74) is 1.76. The average molecular weight is 354 g/mol. The Kier molecular flexibility index (Phi) is 5.51. The van der Waals surface area contributed by atoms with Crippen molar-refractivity contribution in [3.63, 3.8) is 0 Å². The third-order valence-corrected chi connectivity index (χ3v) is 7.21. The van der Waals surface area contributed by atoms with E-state index in [2.05, 4.69) is 0 Å². The molecule has 0 spiro atoms. The molecule has 0 bridgehead atoms. The van der Waals surface area contributed by atoms with Crippen LogP contribution in [0.15, 0.2) is 18.2 Å². The maximum Gasteiger partial charge on any atom is 0.171 e. The lowest BCUT2D eigenvalue weighted by Gasteiger charge is -2.37. The van der Waals surface area contributed by atoms with Gasteiger partial charge >= 0.3 is 0 Å². The first-order valence-corrected chi connectivity index (χ1v) is 10.2. The van der Waals surface area contributed by atoms with Crippen LogP contribution < -0.4 is 4.90 Å². The summed E-state index contributed by atoms with van der Waals surface area (Å²) in [4.78, 5) is 1.96. The molecule has 112 valence electrons. The number of sulfone groups is 1. The van der Waals surface area contributed by atoms with Gasteiger partial charge in [0.1, 0.15) is 5.37 Å². The van der Waals surface area contributed by atoms with Crippen molar-refractivity contribution in [3.05, 3.63) is 28.8 Å². The standard InChI is InChI=1S/C13H17Cl2NO2S2/c1-2-20(17,18)13-9-19-6-5-16(13)12-4-3-11(15)7-10(12)8-14/h3-4,7,13H,2,5-6,8-9H2,1H3. The van der Waals surface area contributed by atoms with Crippen LogP contribution in [0.4, 0.5) is 5.69 Å². The van der Waals surface area contributed by atoms with Gasteiger partial charge in [0, 0.05) is 40.4 Å². The Balaban J connectivity index is 2.43. The zero-order chi connectivity index (χ0) is 14.8. The van der Waals surface area contributed by atoms with Crippen molar-refractivity contribution in [1.82, 2.24) is 0 Å². The highest BCUT2D eigenvalue weighted by Crippen LogP contribution is 2.32. The van der Waals surface area contributed by atoms with Crippen LogP contribution in [0, 0.1) is 0 Å². The number of halogens is 2. The minimum absolute atomic E-state index is 0.151. The molecule has 1 fully saturated rings. The minimum atomic E-state index is -3.12. The van der Waals surface area contributed by atoms with E-state index in [0.29, 0.717) is 23.2 Å². The Morgan fingerprint density at radius 3 is 2.85 bits per heavy atom. The Labute approximate surface area is 134 Å². The number of alkyl halides is 1. The van der Waals surface area contributed by atoms with Gasteiger partial charge in [-0.3, -0.25) is 0 Å². The molecule has 0 aromatic heterocycles. The van der Waals surface area contributed by atoms with Crippen LogP contribution in [-0.2, 0) is 15.7 Å². The summed E-state index contributed by atoms with van der Waals surface area (Å²) in [6, 6.07) is 5.46. The third-order valence-electron chi connectivity index (χ3n) is 3.40. The second-order valence-electron chi connectivity index (χ2n) is 4.58. The highest BCUT2D eigenvalue weighted by Gasteiger charge is 2.33. The molecule has 1 unspecified atom stereocenters. The van der Waals surface area contributed by atoms with Crippen LogP contribution in [0.25, 0.3) is 0 Å². The van der Waals surface area contributed by atoms with E-state index in [9.17, 15) is 8.42 Å². The van der Waals surface area contributed by atoms with Crippen LogP contribution in [0.1, 0.15) is 12.5 Å². The minimum Gasteiger partial charge on any atom is -0.353 e. The van der Waals surface area contributed by atoms with Gasteiger partial charge in [0.15, 0.2) is 9.84 Å². The number of hydrogen-bond acceptors (Lipinski definition) is 4. The third kappa shape index (κ3) is 3.38. The quantitative estimate of drug-likeness (QED) is 0.777. The van der Waals surface area contributed by atoms with Crippen molar-refractivity contribution < 1.29 is 8.42 Å². The van der Waals surface area contributed by atoms with Gasteiger partial charge < -0.3 is 4.90 Å². The molecular weight excluding hydrogens is 337 g/mol. The fourth-order valence-corrected chi connectivity index (χ4v) is 5.68. The Morgan fingerprint density at radius 2 is 2.20 bits per heavy atom. The van der Waals surface area contributed by atoms with Crippen molar-refractivity contribution in [2.24, 2.45) is 0 Å². The average Bonchev–Trinajstić information content (AvgIpc) is 2.47. The van der Waals surface area contributed by atoms with Gasteiger partial charge in [-0.15, -0.1) is 11.6 Å². The fraction of sp³-hybridized carbons (Fsp3) is 0.538. The molecule has 7 heteroatoms. The highest BCUT2D eigenvalue weighted by molar-refractivity contribution is 8.01. The van der Waals surface area contributed by atoms with Crippen molar-refractivity contribution >= 4 is 50.5 Å². The fourth-order valence-electron chi connectivity index (χ4n) is 2.29. The zero-order valence-corrected chi connectivity index (χ0v) is 14.3. The summed E-state index contributed by atoms with van der Waals surface area (Å²) in [6.45, 7) is 2.40. The maximum absolute atomic E-state index is 12.3. The van der Waals surface area contributed by atoms with E-state index in [4.69, 9.17) is 23.2 Å². The monoisotopic (exact) mass is 353 g/mol. The first-order chi connectivity index (χ1) is 9.49. The Bertz CT molecular complexity index is 578. The lowest BCUT2D eigenvalue weighted by atomic mass is 10.2. The molecule has 1 atom stereocenters. The first kappa shape index (κ1) is 16.3. The molecule has 1 heterocycles. The molecule has 0 saturated carbocycles. The van der Waals surface area contributed by atoms with Crippen molar-refractivity contribution in [1.29, 1.82) is 0 Å². The van der Waals surface area contributed by atoms with Crippen LogP contribution >= 0.6 is 35.0 Å². The lowest BCUT2D eigenvalue weighted by molar-refractivity contribution is 0.579. The maximum atomic E-state index is 12.3. The molecular formula is C13H17Cl2NO2S2. The van der Waals surface area contributed by atoms with E-state index in [1.54, 1.807) is 30.8 Å². The van der Waals surface area contributed by atoms with Crippen LogP contribution in [0.5, 0.6) is 0 Å². The summed E-state index contributed by atoms with van der Waals surface area (Å²) < 4.78 is 24.6. The number of hydrogen-bond donors (Lipinski definition) is 0. The van der Waals surface area contributed by atoms with E-state index in [0.717, 1.165) is 17.0 Å². The molecule has 1 aromatic rings.